The first-order valence-electron chi connectivity index (χ1n) is 10.9. The number of aromatic nitrogens is 1. The van der Waals surface area contributed by atoms with Crippen molar-refractivity contribution in [2.45, 2.75) is 25.9 Å². The molecule has 1 atom stereocenters. The fraction of sp³-hybridized carbons (Fsp3) is 0.346. The zero-order valence-corrected chi connectivity index (χ0v) is 20.9. The Bertz CT molecular complexity index is 1160. The summed E-state index contributed by atoms with van der Waals surface area (Å²) in [5, 5.41) is 20.1. The summed E-state index contributed by atoms with van der Waals surface area (Å²) < 4.78 is 16.2. The lowest BCUT2D eigenvalue weighted by atomic mass is 10.0. The molecule has 0 bridgehead atoms. The molecule has 0 saturated heterocycles. The fourth-order valence-electron chi connectivity index (χ4n) is 3.55. The standard InChI is InChI=1S/C26H31NO6S/c1-15(2)16-6-7-20-18(12-27-21(20)8-16)11-24(34-14-19(29)13-28)25(30)17-9-22(31-3)26(33-5)23(10-17)32-4/h6-12,15,19,27-29H,13-14H2,1-5H3/b24-11+. The number of methoxy groups -OCH3 is 3. The quantitative estimate of drug-likeness (QED) is 0.269. The van der Waals surface area contributed by atoms with Crippen LogP contribution in [-0.4, -0.2) is 60.8 Å². The van der Waals surface area contributed by atoms with E-state index in [1.165, 1.54) is 38.7 Å². The number of Topliss-reactive ketones (excluding diaryl/α,β-unsaturated/α-hetero) is 1. The molecule has 0 aliphatic carbocycles. The van der Waals surface area contributed by atoms with Crippen LogP contribution in [-0.2, 0) is 0 Å². The van der Waals surface area contributed by atoms with E-state index < -0.39 is 6.10 Å². The van der Waals surface area contributed by atoms with Gasteiger partial charge in [-0.15, -0.1) is 11.8 Å². The van der Waals surface area contributed by atoms with Crippen molar-refractivity contribution < 1.29 is 29.2 Å². The molecular formula is C26H31NO6S. The van der Waals surface area contributed by atoms with Gasteiger partial charge in [0.05, 0.1) is 38.9 Å². The number of hydrogen-bond donors (Lipinski definition) is 3. The number of H-pyrrole nitrogens is 1. The van der Waals surface area contributed by atoms with Crippen LogP contribution in [0.3, 0.4) is 0 Å². The van der Waals surface area contributed by atoms with E-state index in [1.807, 2.05) is 12.3 Å². The van der Waals surface area contributed by atoms with Crippen LogP contribution in [0.15, 0.2) is 41.4 Å². The molecule has 1 heterocycles. The van der Waals surface area contributed by atoms with Crippen molar-refractivity contribution in [3.8, 4) is 17.2 Å². The fourth-order valence-corrected chi connectivity index (χ4v) is 4.49. The number of carbonyl (C=O) groups is 1. The Morgan fingerprint density at radius 3 is 2.32 bits per heavy atom. The predicted octanol–water partition coefficient (Wildman–Crippen LogP) is 4.63. The second-order valence-electron chi connectivity index (χ2n) is 8.10. The first-order chi connectivity index (χ1) is 16.3. The maximum Gasteiger partial charge on any atom is 0.203 e. The van der Waals surface area contributed by atoms with Gasteiger partial charge in [-0.25, -0.2) is 0 Å². The topological polar surface area (TPSA) is 101 Å². The zero-order chi connectivity index (χ0) is 24.8. The Labute approximate surface area is 203 Å². The number of fused-ring (bicyclic) bond motifs is 1. The van der Waals surface area contributed by atoms with Gasteiger partial charge in [0.15, 0.2) is 17.3 Å². The molecule has 8 heteroatoms. The van der Waals surface area contributed by atoms with E-state index in [0.29, 0.717) is 33.6 Å². The van der Waals surface area contributed by atoms with Crippen LogP contribution in [0.1, 0.15) is 41.3 Å². The Kier molecular flexibility index (Phi) is 8.66. The van der Waals surface area contributed by atoms with Gasteiger partial charge in [0.1, 0.15) is 0 Å². The van der Waals surface area contributed by atoms with Gasteiger partial charge in [0, 0.05) is 34.0 Å². The summed E-state index contributed by atoms with van der Waals surface area (Å²) in [6.45, 7) is 3.90. The van der Waals surface area contributed by atoms with E-state index >= 15 is 0 Å². The maximum atomic E-state index is 13.6. The van der Waals surface area contributed by atoms with Gasteiger partial charge in [-0.1, -0.05) is 26.0 Å². The zero-order valence-electron chi connectivity index (χ0n) is 20.0. The number of carbonyl (C=O) groups excluding carboxylic acids is 1. The highest BCUT2D eigenvalue weighted by molar-refractivity contribution is 8.04. The molecule has 3 rings (SSSR count). The van der Waals surface area contributed by atoms with E-state index in [0.717, 1.165) is 16.5 Å². The molecule has 3 N–H and O–H groups in total. The van der Waals surface area contributed by atoms with Crippen molar-refractivity contribution in [3.63, 3.8) is 0 Å². The highest BCUT2D eigenvalue weighted by Crippen LogP contribution is 2.39. The number of thioether (sulfide) groups is 1. The molecule has 3 aromatic rings. The molecule has 0 aliphatic rings. The summed E-state index contributed by atoms with van der Waals surface area (Å²) in [6, 6.07) is 9.44. The molecule has 0 spiro atoms. The van der Waals surface area contributed by atoms with Crippen molar-refractivity contribution in [1.82, 2.24) is 4.98 Å². The van der Waals surface area contributed by atoms with Crippen molar-refractivity contribution in [2.75, 3.05) is 33.7 Å². The monoisotopic (exact) mass is 485 g/mol. The summed E-state index contributed by atoms with van der Waals surface area (Å²) in [6.07, 6.45) is 2.71. The Hall–Kier alpha value is -2.94. The van der Waals surface area contributed by atoms with Gasteiger partial charge < -0.3 is 29.4 Å². The molecule has 7 nitrogen and oxygen atoms in total. The number of ether oxygens (including phenoxy) is 3. The number of hydrogen-bond acceptors (Lipinski definition) is 7. The number of nitrogens with one attached hydrogen (secondary N) is 1. The summed E-state index contributed by atoms with van der Waals surface area (Å²) in [4.78, 5) is 17.3. The van der Waals surface area contributed by atoms with Crippen LogP contribution in [0, 0.1) is 0 Å². The minimum atomic E-state index is -0.947. The van der Waals surface area contributed by atoms with Crippen LogP contribution in [0.2, 0.25) is 0 Å². The smallest absolute Gasteiger partial charge is 0.203 e. The van der Waals surface area contributed by atoms with Gasteiger partial charge in [-0.05, 0) is 35.8 Å². The number of benzene rings is 2. The predicted molar refractivity (Wildman–Crippen MR) is 136 cm³/mol. The lowest BCUT2D eigenvalue weighted by Crippen LogP contribution is -2.16. The Morgan fingerprint density at radius 1 is 1.09 bits per heavy atom. The molecule has 34 heavy (non-hydrogen) atoms. The average Bonchev–Trinajstić information content (AvgIpc) is 3.26. The number of aliphatic hydroxyl groups excluding tert-OH is 2. The molecule has 2 aromatic carbocycles. The van der Waals surface area contributed by atoms with Crippen LogP contribution in [0.25, 0.3) is 17.0 Å². The van der Waals surface area contributed by atoms with E-state index in [9.17, 15) is 15.0 Å². The molecule has 0 aliphatic heterocycles. The third kappa shape index (κ3) is 5.58. The molecule has 0 radical (unpaired) electrons. The van der Waals surface area contributed by atoms with Gasteiger partial charge in [0.2, 0.25) is 5.75 Å². The number of ketones is 1. The van der Waals surface area contributed by atoms with Gasteiger partial charge in [-0.2, -0.15) is 0 Å². The molecule has 0 fully saturated rings. The first-order valence-corrected chi connectivity index (χ1v) is 11.9. The summed E-state index contributed by atoms with van der Waals surface area (Å²) in [5.41, 5.74) is 3.41. The number of allylic oxidation sites excluding steroid dienone is 1. The van der Waals surface area contributed by atoms with Gasteiger partial charge >= 0.3 is 0 Å². The van der Waals surface area contributed by atoms with Crippen molar-refractivity contribution in [2.24, 2.45) is 0 Å². The first kappa shape index (κ1) is 25.7. The van der Waals surface area contributed by atoms with Crippen molar-refractivity contribution in [3.05, 3.63) is 58.1 Å². The van der Waals surface area contributed by atoms with E-state index in [1.54, 1.807) is 18.2 Å². The summed E-state index contributed by atoms with van der Waals surface area (Å²) >= 11 is 1.18. The molecule has 0 saturated carbocycles. The maximum absolute atomic E-state index is 13.6. The molecule has 1 aromatic heterocycles. The Balaban J connectivity index is 2.07. The van der Waals surface area contributed by atoms with Gasteiger partial charge in [-0.3, -0.25) is 4.79 Å². The van der Waals surface area contributed by atoms with Crippen molar-refractivity contribution >= 4 is 34.5 Å². The molecule has 0 amide bonds. The minimum Gasteiger partial charge on any atom is -0.493 e. The van der Waals surface area contributed by atoms with Gasteiger partial charge in [0.25, 0.3) is 0 Å². The van der Waals surface area contributed by atoms with E-state index in [-0.39, 0.29) is 18.1 Å². The van der Waals surface area contributed by atoms with Crippen LogP contribution in [0.4, 0.5) is 0 Å². The van der Waals surface area contributed by atoms with E-state index in [2.05, 4.69) is 31.0 Å². The highest BCUT2D eigenvalue weighted by atomic mass is 32.2. The number of rotatable bonds is 11. The van der Waals surface area contributed by atoms with E-state index in [4.69, 9.17) is 14.2 Å². The molecule has 182 valence electrons. The molecular weight excluding hydrogens is 454 g/mol. The second-order valence-corrected chi connectivity index (χ2v) is 9.16. The minimum absolute atomic E-state index is 0.165. The number of aliphatic hydroxyl groups is 2. The second kappa shape index (κ2) is 11.5. The SMILES string of the molecule is COc1cc(C(=O)/C(=C\c2c[nH]c3cc(C(C)C)ccc23)SCC(O)CO)cc(OC)c1OC. The number of aromatic amines is 1. The largest absolute Gasteiger partial charge is 0.493 e. The lowest BCUT2D eigenvalue weighted by Gasteiger charge is -2.15. The summed E-state index contributed by atoms with van der Waals surface area (Å²) in [5.74, 6) is 1.45. The Morgan fingerprint density at radius 2 is 1.76 bits per heavy atom. The summed E-state index contributed by atoms with van der Waals surface area (Å²) in [7, 11) is 4.49. The highest BCUT2D eigenvalue weighted by Gasteiger charge is 2.21. The molecule has 1 unspecified atom stereocenters. The third-order valence-corrected chi connectivity index (χ3v) is 6.65. The third-order valence-electron chi connectivity index (χ3n) is 5.48. The van der Waals surface area contributed by atoms with Crippen molar-refractivity contribution in [1.29, 1.82) is 0 Å². The average molecular weight is 486 g/mol. The normalized spacial score (nSPS) is 12.8. The van der Waals surface area contributed by atoms with Crippen LogP contribution in [0.5, 0.6) is 17.2 Å². The lowest BCUT2D eigenvalue weighted by molar-refractivity contribution is 0.104. The van der Waals surface area contributed by atoms with Crippen LogP contribution >= 0.6 is 11.8 Å². The van der Waals surface area contributed by atoms with Crippen LogP contribution < -0.4 is 14.2 Å².